The van der Waals surface area contributed by atoms with Gasteiger partial charge in [0.2, 0.25) is 5.91 Å². The Bertz CT molecular complexity index is 353. The summed E-state index contributed by atoms with van der Waals surface area (Å²) < 4.78 is 5.36. The van der Waals surface area contributed by atoms with E-state index in [1.54, 1.807) is 0 Å². The lowest BCUT2D eigenvalue weighted by Crippen LogP contribution is -2.19. The van der Waals surface area contributed by atoms with Crippen molar-refractivity contribution in [3.63, 3.8) is 0 Å². The van der Waals surface area contributed by atoms with Crippen molar-refractivity contribution in [3.8, 4) is 0 Å². The summed E-state index contributed by atoms with van der Waals surface area (Å²) in [5, 5.41) is 5.84. The number of hydrogen-bond acceptors (Lipinski definition) is 3. The second-order valence-electron chi connectivity index (χ2n) is 3.70. The van der Waals surface area contributed by atoms with Gasteiger partial charge in [0.25, 0.3) is 0 Å². The fraction of sp³-hybridized carbons (Fsp3) is 0.462. The SMILES string of the molecule is CCOCc1ccccc1NC(=O)CCNC. The van der Waals surface area contributed by atoms with Gasteiger partial charge in [0.1, 0.15) is 0 Å². The number of carbonyl (C=O) groups excluding carboxylic acids is 1. The molecule has 4 heteroatoms. The average Bonchev–Trinajstić information content (AvgIpc) is 2.35. The van der Waals surface area contributed by atoms with Gasteiger partial charge in [-0.15, -0.1) is 0 Å². The Labute approximate surface area is 102 Å². The smallest absolute Gasteiger partial charge is 0.225 e. The highest BCUT2D eigenvalue weighted by molar-refractivity contribution is 5.91. The third-order valence-electron chi connectivity index (χ3n) is 2.36. The molecule has 0 heterocycles. The van der Waals surface area contributed by atoms with Crippen molar-refractivity contribution >= 4 is 11.6 Å². The second kappa shape index (κ2) is 7.81. The quantitative estimate of drug-likeness (QED) is 0.758. The van der Waals surface area contributed by atoms with Crippen LogP contribution in [0.2, 0.25) is 0 Å². The van der Waals surface area contributed by atoms with E-state index in [9.17, 15) is 4.79 Å². The Morgan fingerprint density at radius 1 is 1.35 bits per heavy atom. The van der Waals surface area contributed by atoms with E-state index < -0.39 is 0 Å². The molecule has 0 aliphatic heterocycles. The third kappa shape index (κ3) is 4.97. The van der Waals surface area contributed by atoms with Gasteiger partial charge < -0.3 is 15.4 Å². The summed E-state index contributed by atoms with van der Waals surface area (Å²) in [6.07, 6.45) is 0.472. The molecule has 0 aliphatic carbocycles. The molecule has 0 unspecified atom stereocenters. The fourth-order valence-corrected chi connectivity index (χ4v) is 1.43. The van der Waals surface area contributed by atoms with Crippen molar-refractivity contribution in [2.45, 2.75) is 20.0 Å². The van der Waals surface area contributed by atoms with E-state index in [1.165, 1.54) is 0 Å². The highest BCUT2D eigenvalue weighted by atomic mass is 16.5. The van der Waals surface area contributed by atoms with Crippen LogP contribution in [0.4, 0.5) is 5.69 Å². The molecule has 0 aliphatic rings. The van der Waals surface area contributed by atoms with Crippen LogP contribution in [0.5, 0.6) is 0 Å². The van der Waals surface area contributed by atoms with Crippen molar-refractivity contribution in [1.29, 1.82) is 0 Å². The Hall–Kier alpha value is -1.39. The summed E-state index contributed by atoms with van der Waals surface area (Å²) in [5.74, 6) is 0.0169. The zero-order valence-electron chi connectivity index (χ0n) is 10.5. The van der Waals surface area contributed by atoms with Gasteiger partial charge in [-0.05, 0) is 20.0 Å². The van der Waals surface area contributed by atoms with E-state index in [0.29, 0.717) is 26.2 Å². The first-order valence-electron chi connectivity index (χ1n) is 5.88. The molecule has 17 heavy (non-hydrogen) atoms. The number of nitrogens with one attached hydrogen (secondary N) is 2. The molecule has 2 N–H and O–H groups in total. The standard InChI is InChI=1S/C13H20N2O2/c1-3-17-10-11-6-4-5-7-12(11)15-13(16)8-9-14-2/h4-7,14H,3,8-10H2,1-2H3,(H,15,16). The minimum atomic E-state index is 0.0169. The Balaban J connectivity index is 2.59. The molecule has 1 amide bonds. The zero-order chi connectivity index (χ0) is 12.5. The van der Waals surface area contributed by atoms with Crippen molar-refractivity contribution < 1.29 is 9.53 Å². The minimum Gasteiger partial charge on any atom is -0.377 e. The van der Waals surface area contributed by atoms with Crippen LogP contribution in [0.15, 0.2) is 24.3 Å². The van der Waals surface area contributed by atoms with E-state index in [2.05, 4.69) is 10.6 Å². The van der Waals surface area contributed by atoms with E-state index >= 15 is 0 Å². The van der Waals surface area contributed by atoms with Gasteiger partial charge in [0.05, 0.1) is 6.61 Å². The normalized spacial score (nSPS) is 10.2. The van der Waals surface area contributed by atoms with Gasteiger partial charge in [-0.3, -0.25) is 4.79 Å². The van der Waals surface area contributed by atoms with E-state index in [4.69, 9.17) is 4.74 Å². The molecule has 0 saturated heterocycles. The largest absolute Gasteiger partial charge is 0.377 e. The maximum absolute atomic E-state index is 11.6. The third-order valence-corrected chi connectivity index (χ3v) is 2.36. The van der Waals surface area contributed by atoms with Crippen LogP contribution in [-0.2, 0) is 16.1 Å². The Kier molecular flexibility index (Phi) is 6.29. The van der Waals surface area contributed by atoms with Gasteiger partial charge in [0, 0.05) is 30.8 Å². The van der Waals surface area contributed by atoms with Gasteiger partial charge in [-0.1, -0.05) is 18.2 Å². The molecule has 0 radical (unpaired) electrons. The molecule has 1 rings (SSSR count). The van der Waals surface area contributed by atoms with Crippen molar-refractivity contribution in [1.82, 2.24) is 5.32 Å². The number of anilines is 1. The lowest BCUT2D eigenvalue weighted by Gasteiger charge is -2.10. The monoisotopic (exact) mass is 236 g/mol. The second-order valence-corrected chi connectivity index (χ2v) is 3.70. The van der Waals surface area contributed by atoms with Gasteiger partial charge >= 0.3 is 0 Å². The number of benzene rings is 1. The molecule has 94 valence electrons. The van der Waals surface area contributed by atoms with Gasteiger partial charge in [-0.25, -0.2) is 0 Å². The lowest BCUT2D eigenvalue weighted by molar-refractivity contribution is -0.116. The van der Waals surface area contributed by atoms with E-state index in [-0.39, 0.29) is 5.91 Å². The first-order chi connectivity index (χ1) is 8.27. The summed E-state index contributed by atoms with van der Waals surface area (Å²) in [5.41, 5.74) is 1.84. The van der Waals surface area contributed by atoms with Gasteiger partial charge in [0.15, 0.2) is 0 Å². The van der Waals surface area contributed by atoms with Crippen LogP contribution in [0, 0.1) is 0 Å². The maximum atomic E-state index is 11.6. The first-order valence-corrected chi connectivity index (χ1v) is 5.88. The summed E-state index contributed by atoms with van der Waals surface area (Å²) >= 11 is 0. The van der Waals surface area contributed by atoms with Crippen LogP contribution in [0.1, 0.15) is 18.9 Å². The molecule has 4 nitrogen and oxygen atoms in total. The average molecular weight is 236 g/mol. The minimum absolute atomic E-state index is 0.0169. The summed E-state index contributed by atoms with van der Waals surface area (Å²) in [7, 11) is 1.83. The predicted octanol–water partition coefficient (Wildman–Crippen LogP) is 1.77. The summed E-state index contributed by atoms with van der Waals surface area (Å²) in [4.78, 5) is 11.6. The topological polar surface area (TPSA) is 50.4 Å². The molecular weight excluding hydrogens is 216 g/mol. The zero-order valence-corrected chi connectivity index (χ0v) is 10.5. The molecule has 0 saturated carbocycles. The molecule has 0 aromatic heterocycles. The maximum Gasteiger partial charge on any atom is 0.225 e. The summed E-state index contributed by atoms with van der Waals surface area (Å²) in [6.45, 7) is 3.83. The lowest BCUT2D eigenvalue weighted by atomic mass is 10.2. The number of amides is 1. The molecule has 0 atom stereocenters. The van der Waals surface area contributed by atoms with Crippen LogP contribution in [0.25, 0.3) is 0 Å². The molecule has 0 bridgehead atoms. The summed E-state index contributed by atoms with van der Waals surface area (Å²) in [6, 6.07) is 7.70. The number of rotatable bonds is 7. The number of ether oxygens (including phenoxy) is 1. The fourth-order valence-electron chi connectivity index (χ4n) is 1.43. The van der Waals surface area contributed by atoms with Crippen molar-refractivity contribution in [3.05, 3.63) is 29.8 Å². The number of hydrogen-bond donors (Lipinski definition) is 2. The van der Waals surface area contributed by atoms with E-state index in [1.807, 2.05) is 38.2 Å². The molecule has 0 spiro atoms. The van der Waals surface area contributed by atoms with Crippen LogP contribution in [0.3, 0.4) is 0 Å². The van der Waals surface area contributed by atoms with E-state index in [0.717, 1.165) is 11.3 Å². The Morgan fingerprint density at radius 3 is 2.82 bits per heavy atom. The van der Waals surface area contributed by atoms with Crippen LogP contribution in [-0.4, -0.2) is 26.1 Å². The van der Waals surface area contributed by atoms with Crippen LogP contribution < -0.4 is 10.6 Å². The molecular formula is C13H20N2O2. The van der Waals surface area contributed by atoms with Crippen LogP contribution >= 0.6 is 0 Å². The highest BCUT2D eigenvalue weighted by Crippen LogP contribution is 2.16. The highest BCUT2D eigenvalue weighted by Gasteiger charge is 2.05. The van der Waals surface area contributed by atoms with Crippen molar-refractivity contribution in [2.75, 3.05) is 25.5 Å². The van der Waals surface area contributed by atoms with Gasteiger partial charge in [-0.2, -0.15) is 0 Å². The molecule has 0 fully saturated rings. The van der Waals surface area contributed by atoms with Crippen molar-refractivity contribution in [2.24, 2.45) is 0 Å². The number of para-hydroxylation sites is 1. The first kappa shape index (κ1) is 13.7. The molecule has 1 aromatic carbocycles. The Morgan fingerprint density at radius 2 is 2.12 bits per heavy atom. The molecule has 1 aromatic rings. The predicted molar refractivity (Wildman–Crippen MR) is 68.9 cm³/mol. The number of carbonyl (C=O) groups is 1.